The Hall–Kier alpha value is -3.67. The number of piperidine rings is 2. The topological polar surface area (TPSA) is 127 Å². The van der Waals surface area contributed by atoms with Crippen molar-refractivity contribution in [1.29, 1.82) is 0 Å². The van der Waals surface area contributed by atoms with Gasteiger partial charge in [0.15, 0.2) is 5.82 Å². The molecule has 0 aliphatic carbocycles. The van der Waals surface area contributed by atoms with Crippen LogP contribution in [0.5, 0.6) is 5.75 Å². The second-order valence-corrected chi connectivity index (χ2v) is 17.4. The quantitative estimate of drug-likeness (QED) is 0.135. The molecule has 12 nitrogen and oxygen atoms in total. The normalized spacial score (nSPS) is 18.2. The van der Waals surface area contributed by atoms with E-state index in [9.17, 15) is 9.36 Å². The van der Waals surface area contributed by atoms with E-state index in [1.54, 1.807) is 26.5 Å². The molecule has 0 spiro atoms. The number of piperazine rings is 1. The van der Waals surface area contributed by atoms with Crippen molar-refractivity contribution >= 4 is 64.5 Å². The molecular formula is C37H51ClN9O3P. The number of likely N-dealkylation sites (tertiary alicyclic amines) is 1. The second-order valence-electron chi connectivity index (χ2n) is 13.8. The van der Waals surface area contributed by atoms with Crippen LogP contribution in [0.25, 0.3) is 0 Å². The van der Waals surface area contributed by atoms with Crippen LogP contribution in [0.3, 0.4) is 0 Å². The van der Waals surface area contributed by atoms with E-state index in [1.807, 2.05) is 42.5 Å². The third-order valence-electron chi connectivity index (χ3n) is 9.86. The number of para-hydroxylation sites is 1. The van der Waals surface area contributed by atoms with Gasteiger partial charge >= 0.3 is 0 Å². The van der Waals surface area contributed by atoms with Crippen molar-refractivity contribution in [1.82, 2.24) is 25.1 Å². The van der Waals surface area contributed by atoms with Gasteiger partial charge in [0.2, 0.25) is 11.9 Å². The summed E-state index contributed by atoms with van der Waals surface area (Å²) in [6, 6.07) is 11.8. The number of hydrogen-bond donors (Lipinski definition) is 4. The van der Waals surface area contributed by atoms with Gasteiger partial charge in [-0.15, -0.1) is 0 Å². The predicted molar refractivity (Wildman–Crippen MR) is 210 cm³/mol. The maximum atomic E-state index is 13.4. The number of nitrogens with one attached hydrogen (secondary N) is 4. The van der Waals surface area contributed by atoms with Gasteiger partial charge in [0.05, 0.1) is 36.1 Å². The summed E-state index contributed by atoms with van der Waals surface area (Å²) < 4.78 is 18.9. The average Bonchev–Trinajstić information content (AvgIpc) is 3.14. The molecule has 274 valence electrons. The van der Waals surface area contributed by atoms with Crippen molar-refractivity contribution < 1.29 is 14.1 Å². The standard InChI is InChI=1S/C37H51ClN9O3P/c1-50-33-25-32(47-20-13-27(14-21-47)46-22-15-39-16-23-46)30(41-35(48)12-9-19-45-17-7-4-8-18-45)24-31(33)43-37-40-26-28(38)36(44-37)42-29-10-5-6-11-34(29)51(2,3)49/h5-6,9-12,24-27,39H,4,7-8,13-23H2,1-3H3,(H,41,48)(H2,40,42,43,44)/b12-9+. The minimum Gasteiger partial charge on any atom is -0.494 e. The van der Waals surface area contributed by atoms with Gasteiger partial charge in [0.25, 0.3) is 0 Å². The van der Waals surface area contributed by atoms with Gasteiger partial charge in [-0.05, 0) is 70.3 Å². The number of benzene rings is 2. The molecule has 3 aromatic rings. The number of methoxy groups -OCH3 is 1. The molecule has 0 saturated carbocycles. The van der Waals surface area contributed by atoms with E-state index < -0.39 is 7.14 Å². The van der Waals surface area contributed by atoms with Gasteiger partial charge in [-0.2, -0.15) is 4.98 Å². The lowest BCUT2D eigenvalue weighted by molar-refractivity contribution is -0.111. The summed E-state index contributed by atoms with van der Waals surface area (Å²) in [5.41, 5.74) is 2.84. The monoisotopic (exact) mass is 735 g/mol. The van der Waals surface area contributed by atoms with Crippen LogP contribution < -0.4 is 36.2 Å². The summed E-state index contributed by atoms with van der Waals surface area (Å²) in [6.45, 7) is 12.3. The molecule has 2 aromatic carbocycles. The van der Waals surface area contributed by atoms with Crippen LogP contribution in [0.4, 0.5) is 34.5 Å². The van der Waals surface area contributed by atoms with Crippen molar-refractivity contribution in [2.45, 2.75) is 38.1 Å². The van der Waals surface area contributed by atoms with Crippen LogP contribution in [-0.2, 0) is 9.36 Å². The third-order valence-corrected chi connectivity index (χ3v) is 11.7. The number of carbonyl (C=O) groups is 1. The molecule has 0 bridgehead atoms. The minimum atomic E-state index is -2.58. The molecule has 51 heavy (non-hydrogen) atoms. The van der Waals surface area contributed by atoms with Crippen LogP contribution in [-0.4, -0.2) is 111 Å². The number of ether oxygens (including phenoxy) is 1. The number of nitrogens with zero attached hydrogens (tertiary/aromatic N) is 5. The van der Waals surface area contributed by atoms with E-state index in [1.165, 1.54) is 25.5 Å². The Morgan fingerprint density at radius 3 is 2.47 bits per heavy atom. The molecule has 4 N–H and O–H groups in total. The van der Waals surface area contributed by atoms with Gasteiger partial charge in [-0.25, -0.2) is 4.98 Å². The number of carbonyl (C=O) groups excluding carboxylic acids is 1. The van der Waals surface area contributed by atoms with Gasteiger partial charge in [0, 0.05) is 69.3 Å². The van der Waals surface area contributed by atoms with E-state index in [2.05, 4.69) is 45.9 Å². The maximum absolute atomic E-state index is 13.4. The molecule has 0 atom stereocenters. The van der Waals surface area contributed by atoms with E-state index in [0.717, 1.165) is 77.4 Å². The summed E-state index contributed by atoms with van der Waals surface area (Å²) in [5, 5.41) is 14.2. The molecule has 3 fully saturated rings. The van der Waals surface area contributed by atoms with E-state index in [0.29, 0.717) is 45.0 Å². The highest BCUT2D eigenvalue weighted by Crippen LogP contribution is 2.41. The first kappa shape index (κ1) is 37.1. The fraction of sp³-hybridized carbons (Fsp3) is 0.486. The van der Waals surface area contributed by atoms with Crippen LogP contribution in [0.2, 0.25) is 5.02 Å². The molecule has 14 heteroatoms. The fourth-order valence-corrected chi connectivity index (χ4v) is 8.45. The van der Waals surface area contributed by atoms with Gasteiger partial charge in [-0.3, -0.25) is 14.6 Å². The number of hydrogen-bond acceptors (Lipinski definition) is 11. The van der Waals surface area contributed by atoms with Crippen LogP contribution in [0.1, 0.15) is 32.1 Å². The number of anilines is 6. The molecule has 3 aliphatic heterocycles. The molecule has 4 heterocycles. The van der Waals surface area contributed by atoms with E-state index in [4.69, 9.17) is 16.3 Å². The van der Waals surface area contributed by atoms with Crippen LogP contribution in [0.15, 0.2) is 54.7 Å². The maximum Gasteiger partial charge on any atom is 0.248 e. The molecular weight excluding hydrogens is 685 g/mol. The van der Waals surface area contributed by atoms with Crippen molar-refractivity contribution in [3.8, 4) is 5.75 Å². The largest absolute Gasteiger partial charge is 0.494 e. The Labute approximate surface area is 306 Å². The lowest BCUT2D eigenvalue weighted by Gasteiger charge is -2.41. The highest BCUT2D eigenvalue weighted by atomic mass is 35.5. The van der Waals surface area contributed by atoms with Gasteiger partial charge in [-0.1, -0.05) is 36.2 Å². The van der Waals surface area contributed by atoms with Crippen LogP contribution in [0, 0.1) is 0 Å². The Morgan fingerprint density at radius 1 is 1.00 bits per heavy atom. The van der Waals surface area contributed by atoms with E-state index >= 15 is 0 Å². The van der Waals surface area contributed by atoms with Crippen molar-refractivity contribution in [2.24, 2.45) is 0 Å². The third kappa shape index (κ3) is 9.81. The molecule has 6 rings (SSSR count). The van der Waals surface area contributed by atoms with Crippen molar-refractivity contribution in [3.63, 3.8) is 0 Å². The highest BCUT2D eigenvalue weighted by Gasteiger charge is 2.28. The lowest BCUT2D eigenvalue weighted by atomic mass is 10.0. The smallest absolute Gasteiger partial charge is 0.248 e. The number of rotatable bonds is 12. The number of halogens is 1. The molecule has 3 saturated heterocycles. The Kier molecular flexibility index (Phi) is 12.5. The molecule has 0 radical (unpaired) electrons. The lowest BCUT2D eigenvalue weighted by Crippen LogP contribution is -2.52. The minimum absolute atomic E-state index is 0.183. The molecule has 0 unspecified atom stereocenters. The Balaban J connectivity index is 1.25. The first-order valence-electron chi connectivity index (χ1n) is 18.0. The number of aromatic nitrogens is 2. The van der Waals surface area contributed by atoms with Gasteiger partial charge in [0.1, 0.15) is 17.9 Å². The first-order chi connectivity index (χ1) is 24.7. The summed E-state index contributed by atoms with van der Waals surface area (Å²) in [5.74, 6) is 1.05. The highest BCUT2D eigenvalue weighted by molar-refractivity contribution is 7.70. The zero-order chi connectivity index (χ0) is 35.8. The van der Waals surface area contributed by atoms with Gasteiger partial charge < -0.3 is 35.5 Å². The summed E-state index contributed by atoms with van der Waals surface area (Å²) in [4.78, 5) is 29.8. The van der Waals surface area contributed by atoms with Crippen LogP contribution >= 0.6 is 18.7 Å². The van der Waals surface area contributed by atoms with Crippen molar-refractivity contribution in [3.05, 3.63) is 59.8 Å². The zero-order valence-electron chi connectivity index (χ0n) is 30.0. The second kappa shape index (κ2) is 17.2. The van der Waals surface area contributed by atoms with E-state index in [-0.39, 0.29) is 11.9 Å². The first-order valence-corrected chi connectivity index (χ1v) is 21.0. The summed E-state index contributed by atoms with van der Waals surface area (Å²) in [6.07, 6.45) is 10.9. The molecule has 1 amide bonds. The Bertz CT molecular complexity index is 1730. The zero-order valence-corrected chi connectivity index (χ0v) is 31.6. The SMILES string of the molecule is COc1cc(N2CCC(N3CCNCC3)CC2)c(NC(=O)/C=C/CN2CCCCC2)cc1Nc1ncc(Cl)c(Nc2ccccc2P(C)(C)=O)n1. The Morgan fingerprint density at radius 2 is 1.75 bits per heavy atom. The average molecular weight is 736 g/mol. The fourth-order valence-electron chi connectivity index (χ4n) is 7.15. The predicted octanol–water partition coefficient (Wildman–Crippen LogP) is 5.73. The van der Waals surface area contributed by atoms with Crippen molar-refractivity contribution in [2.75, 3.05) is 100 Å². The summed E-state index contributed by atoms with van der Waals surface area (Å²) >= 11 is 6.54. The summed E-state index contributed by atoms with van der Waals surface area (Å²) in [7, 11) is -0.949. The molecule has 1 aromatic heterocycles. The molecule has 3 aliphatic rings. The number of amides is 1.